The van der Waals surface area contributed by atoms with E-state index in [9.17, 15) is 0 Å². The van der Waals surface area contributed by atoms with Crippen molar-refractivity contribution in [1.82, 2.24) is 15.1 Å². The van der Waals surface area contributed by atoms with Crippen LogP contribution in [0.25, 0.3) is 0 Å². The number of hydrogen-bond donors (Lipinski definition) is 1. The van der Waals surface area contributed by atoms with Gasteiger partial charge in [0.15, 0.2) is 0 Å². The Bertz CT molecular complexity index is 467. The van der Waals surface area contributed by atoms with Gasteiger partial charge in [0.2, 0.25) is 0 Å². The van der Waals surface area contributed by atoms with Gasteiger partial charge >= 0.3 is 0 Å². The molecule has 4 nitrogen and oxygen atoms in total. The molecule has 1 aromatic carbocycles. The summed E-state index contributed by atoms with van der Waals surface area (Å²) in [4.78, 5) is 0. The average Bonchev–Trinajstić information content (AvgIpc) is 2.82. The molecule has 0 amide bonds. The third-order valence-electron chi connectivity index (χ3n) is 2.87. The average molecular weight is 245 g/mol. The molecule has 2 rings (SSSR count). The van der Waals surface area contributed by atoms with Crippen LogP contribution in [0, 0.1) is 0 Å². The summed E-state index contributed by atoms with van der Waals surface area (Å²) in [7, 11) is 3.86. The van der Waals surface area contributed by atoms with Crippen molar-refractivity contribution in [2.75, 3.05) is 20.2 Å². The zero-order valence-corrected chi connectivity index (χ0v) is 10.8. The topological polar surface area (TPSA) is 39.1 Å². The van der Waals surface area contributed by atoms with Crippen LogP contribution in [0.2, 0.25) is 0 Å². The molecule has 4 heteroatoms. The molecule has 0 aliphatic rings. The van der Waals surface area contributed by atoms with Crippen LogP contribution in [-0.2, 0) is 11.8 Å². The summed E-state index contributed by atoms with van der Waals surface area (Å²) < 4.78 is 7.83. The minimum absolute atomic E-state index is 0.0629. The molecule has 1 atom stereocenters. The molecule has 1 N–H and O–H groups in total. The van der Waals surface area contributed by atoms with Crippen molar-refractivity contribution in [3.05, 3.63) is 53.9 Å². The summed E-state index contributed by atoms with van der Waals surface area (Å²) in [5, 5.41) is 7.30. The molecule has 0 aliphatic heterocycles. The summed E-state index contributed by atoms with van der Waals surface area (Å²) >= 11 is 0. The number of aryl methyl sites for hydroxylation is 1. The van der Waals surface area contributed by atoms with Crippen molar-refractivity contribution in [3.63, 3.8) is 0 Å². The van der Waals surface area contributed by atoms with Gasteiger partial charge in [-0.1, -0.05) is 30.3 Å². The molecule has 0 fully saturated rings. The van der Waals surface area contributed by atoms with Gasteiger partial charge in [0.1, 0.15) is 6.10 Å². The second-order valence-corrected chi connectivity index (χ2v) is 4.14. The molecule has 0 unspecified atom stereocenters. The van der Waals surface area contributed by atoms with Crippen molar-refractivity contribution in [2.24, 2.45) is 7.05 Å². The van der Waals surface area contributed by atoms with Crippen LogP contribution in [0.3, 0.4) is 0 Å². The fraction of sp³-hybridized carbons (Fsp3) is 0.357. The van der Waals surface area contributed by atoms with Gasteiger partial charge in [-0.25, -0.2) is 0 Å². The molecule has 1 aromatic heterocycles. The number of nitrogens with one attached hydrogen (secondary N) is 1. The third-order valence-corrected chi connectivity index (χ3v) is 2.87. The number of nitrogens with zero attached hydrogens (tertiary/aromatic N) is 2. The van der Waals surface area contributed by atoms with Crippen molar-refractivity contribution in [1.29, 1.82) is 0 Å². The second kappa shape index (κ2) is 6.33. The summed E-state index contributed by atoms with van der Waals surface area (Å²) in [6, 6.07) is 12.2. The molecule has 1 heterocycles. The summed E-state index contributed by atoms with van der Waals surface area (Å²) in [6.45, 7) is 1.50. The Balaban J connectivity index is 2.21. The zero-order chi connectivity index (χ0) is 12.8. The van der Waals surface area contributed by atoms with Crippen LogP contribution in [-0.4, -0.2) is 30.0 Å². The quantitative estimate of drug-likeness (QED) is 0.788. The molecule has 18 heavy (non-hydrogen) atoms. The number of ether oxygens (including phenoxy) is 1. The van der Waals surface area contributed by atoms with Crippen LogP contribution in [0.4, 0.5) is 0 Å². The standard InChI is InChI=1S/C14H19N3O/c1-15-10-11-18-14(12-6-4-3-5-7-12)13-8-9-16-17(13)2/h3-9,14-15H,10-11H2,1-2H3/t14-/m1/s1. The van der Waals surface area contributed by atoms with Gasteiger partial charge in [-0.15, -0.1) is 0 Å². The lowest BCUT2D eigenvalue weighted by Crippen LogP contribution is -2.18. The molecular weight excluding hydrogens is 226 g/mol. The fourth-order valence-corrected chi connectivity index (χ4v) is 1.90. The highest BCUT2D eigenvalue weighted by atomic mass is 16.5. The molecule has 2 aromatic rings. The lowest BCUT2D eigenvalue weighted by molar-refractivity contribution is 0.0776. The van der Waals surface area contributed by atoms with E-state index in [4.69, 9.17) is 4.74 Å². The summed E-state index contributed by atoms with van der Waals surface area (Å²) in [5.41, 5.74) is 2.22. The first-order valence-corrected chi connectivity index (χ1v) is 6.12. The summed E-state index contributed by atoms with van der Waals surface area (Å²) in [6.07, 6.45) is 1.74. The highest BCUT2D eigenvalue weighted by Crippen LogP contribution is 2.24. The summed E-state index contributed by atoms with van der Waals surface area (Å²) in [5.74, 6) is 0. The van der Waals surface area contributed by atoms with Crippen LogP contribution in [0.5, 0.6) is 0 Å². The van der Waals surface area contributed by atoms with Gasteiger partial charge in [0.25, 0.3) is 0 Å². The van der Waals surface area contributed by atoms with E-state index in [0.717, 1.165) is 17.8 Å². The van der Waals surface area contributed by atoms with E-state index in [0.29, 0.717) is 6.61 Å². The van der Waals surface area contributed by atoms with E-state index >= 15 is 0 Å². The minimum Gasteiger partial charge on any atom is -0.366 e. The fourth-order valence-electron chi connectivity index (χ4n) is 1.90. The smallest absolute Gasteiger partial charge is 0.124 e. The minimum atomic E-state index is -0.0629. The van der Waals surface area contributed by atoms with Crippen molar-refractivity contribution < 1.29 is 4.74 Å². The predicted octanol–water partition coefficient (Wildman–Crippen LogP) is 1.75. The van der Waals surface area contributed by atoms with Gasteiger partial charge in [-0.2, -0.15) is 5.10 Å². The maximum Gasteiger partial charge on any atom is 0.124 e. The number of hydrogen-bond acceptors (Lipinski definition) is 3. The highest BCUT2D eigenvalue weighted by molar-refractivity contribution is 5.25. The van der Waals surface area contributed by atoms with Crippen molar-refractivity contribution in [3.8, 4) is 0 Å². The Labute approximate surface area is 108 Å². The van der Waals surface area contributed by atoms with E-state index in [1.54, 1.807) is 6.20 Å². The lowest BCUT2D eigenvalue weighted by Gasteiger charge is -2.18. The molecule has 0 spiro atoms. The molecule has 0 saturated heterocycles. The largest absolute Gasteiger partial charge is 0.366 e. The predicted molar refractivity (Wildman–Crippen MR) is 71.4 cm³/mol. The number of benzene rings is 1. The van der Waals surface area contributed by atoms with Gasteiger partial charge in [-0.05, 0) is 18.7 Å². The van der Waals surface area contributed by atoms with Crippen LogP contribution >= 0.6 is 0 Å². The second-order valence-electron chi connectivity index (χ2n) is 4.14. The zero-order valence-electron chi connectivity index (χ0n) is 10.8. The van der Waals surface area contributed by atoms with E-state index in [-0.39, 0.29) is 6.10 Å². The maximum atomic E-state index is 5.97. The van der Waals surface area contributed by atoms with E-state index < -0.39 is 0 Å². The monoisotopic (exact) mass is 245 g/mol. The van der Waals surface area contributed by atoms with E-state index in [1.807, 2.05) is 43.0 Å². The van der Waals surface area contributed by atoms with E-state index in [1.165, 1.54) is 0 Å². The lowest BCUT2D eigenvalue weighted by atomic mass is 10.1. The molecule has 0 aliphatic carbocycles. The Kier molecular flexibility index (Phi) is 4.50. The third kappa shape index (κ3) is 2.97. The molecule has 0 bridgehead atoms. The van der Waals surface area contributed by atoms with Crippen molar-refractivity contribution in [2.45, 2.75) is 6.10 Å². The van der Waals surface area contributed by atoms with E-state index in [2.05, 4.69) is 22.5 Å². The number of aromatic nitrogens is 2. The van der Waals surface area contributed by atoms with Crippen LogP contribution in [0.1, 0.15) is 17.4 Å². The Hall–Kier alpha value is -1.65. The van der Waals surface area contributed by atoms with Gasteiger partial charge < -0.3 is 10.1 Å². The Morgan fingerprint density at radius 3 is 2.67 bits per heavy atom. The maximum absolute atomic E-state index is 5.97. The number of rotatable bonds is 6. The Morgan fingerprint density at radius 2 is 2.06 bits per heavy atom. The first kappa shape index (κ1) is 12.8. The first-order chi connectivity index (χ1) is 8.83. The molecule has 96 valence electrons. The molecular formula is C14H19N3O. The van der Waals surface area contributed by atoms with Gasteiger partial charge in [0, 0.05) is 19.8 Å². The van der Waals surface area contributed by atoms with Crippen molar-refractivity contribution >= 4 is 0 Å². The number of likely N-dealkylation sites (N-methyl/N-ethyl adjacent to an activating group) is 1. The SMILES string of the molecule is CNCCO[C@H](c1ccccc1)c1ccnn1C. The van der Waals surface area contributed by atoms with Crippen LogP contribution < -0.4 is 5.32 Å². The van der Waals surface area contributed by atoms with Gasteiger partial charge in [-0.3, -0.25) is 4.68 Å². The van der Waals surface area contributed by atoms with Crippen LogP contribution in [0.15, 0.2) is 42.6 Å². The Morgan fingerprint density at radius 1 is 1.28 bits per heavy atom. The molecule has 0 radical (unpaired) electrons. The highest BCUT2D eigenvalue weighted by Gasteiger charge is 2.17. The molecule has 0 saturated carbocycles. The normalized spacial score (nSPS) is 12.6. The van der Waals surface area contributed by atoms with Gasteiger partial charge in [0.05, 0.1) is 12.3 Å². The first-order valence-electron chi connectivity index (χ1n) is 6.12.